The second-order valence-corrected chi connectivity index (χ2v) is 8.36. The summed E-state index contributed by atoms with van der Waals surface area (Å²) in [5, 5.41) is 9.90. The molecule has 0 unspecified atom stereocenters. The van der Waals surface area contributed by atoms with Crippen molar-refractivity contribution < 1.29 is 14.3 Å². The zero-order valence-corrected chi connectivity index (χ0v) is 18.4. The number of hydrogen-bond donors (Lipinski definition) is 3. The van der Waals surface area contributed by atoms with Crippen LogP contribution in [0.4, 0.5) is 0 Å². The van der Waals surface area contributed by atoms with Gasteiger partial charge in [0.1, 0.15) is 6.61 Å². The molecule has 0 bridgehead atoms. The summed E-state index contributed by atoms with van der Waals surface area (Å²) in [6, 6.07) is 5.84. The number of amides is 1. The molecule has 1 aliphatic rings. The second kappa shape index (κ2) is 9.94. The summed E-state index contributed by atoms with van der Waals surface area (Å²) in [7, 11) is 1.63. The molecule has 1 aliphatic heterocycles. The normalized spacial score (nSPS) is 16.8. The molecule has 1 aromatic carbocycles. The summed E-state index contributed by atoms with van der Waals surface area (Å²) >= 11 is 0. The first kappa shape index (κ1) is 23.0. The molecule has 1 heterocycles. The number of carbonyl (C=O) groups is 1. The van der Waals surface area contributed by atoms with E-state index < -0.39 is 0 Å². The van der Waals surface area contributed by atoms with Crippen molar-refractivity contribution in [3.63, 3.8) is 0 Å². The van der Waals surface area contributed by atoms with Gasteiger partial charge in [0, 0.05) is 35.3 Å². The molecule has 160 valence electrons. The smallest absolute Gasteiger partial charge is 0.248 e. The zero-order valence-electron chi connectivity index (χ0n) is 18.4. The third-order valence-electron chi connectivity index (χ3n) is 4.82. The molecule has 0 saturated carbocycles. The van der Waals surface area contributed by atoms with E-state index in [2.05, 4.69) is 36.4 Å². The molecule has 0 aromatic heterocycles. The SMILES string of the molecule is C=CCOc1c(CNCCCNC(=O)C2=CC(C)(C)NC2(C)C)cccc1OC. The van der Waals surface area contributed by atoms with Crippen LogP contribution in [-0.2, 0) is 11.3 Å². The summed E-state index contributed by atoms with van der Waals surface area (Å²) in [4.78, 5) is 12.5. The average Bonchev–Trinajstić information content (AvgIpc) is 2.89. The van der Waals surface area contributed by atoms with Crippen LogP contribution in [0, 0.1) is 0 Å². The van der Waals surface area contributed by atoms with Gasteiger partial charge in [-0.2, -0.15) is 0 Å². The Bertz CT molecular complexity index is 754. The fourth-order valence-corrected chi connectivity index (χ4v) is 3.70. The first-order chi connectivity index (χ1) is 13.7. The lowest BCUT2D eigenvalue weighted by Gasteiger charge is -2.27. The highest BCUT2D eigenvalue weighted by Gasteiger charge is 2.39. The van der Waals surface area contributed by atoms with Gasteiger partial charge in [-0.05, 0) is 46.7 Å². The Morgan fingerprint density at radius 1 is 1.24 bits per heavy atom. The minimum atomic E-state index is -0.319. The number of hydrogen-bond acceptors (Lipinski definition) is 5. The van der Waals surface area contributed by atoms with Crippen molar-refractivity contribution in [3.05, 3.63) is 48.1 Å². The molecule has 1 aromatic rings. The van der Waals surface area contributed by atoms with Crippen molar-refractivity contribution in [1.29, 1.82) is 0 Å². The molecular formula is C23H35N3O3. The number of nitrogens with one attached hydrogen (secondary N) is 3. The monoisotopic (exact) mass is 401 g/mol. The highest BCUT2D eigenvalue weighted by Crippen LogP contribution is 2.31. The Morgan fingerprint density at radius 2 is 2.00 bits per heavy atom. The van der Waals surface area contributed by atoms with Crippen LogP contribution in [0.3, 0.4) is 0 Å². The molecular weight excluding hydrogens is 366 g/mol. The number of carbonyl (C=O) groups excluding carboxylic acids is 1. The third kappa shape index (κ3) is 6.34. The van der Waals surface area contributed by atoms with Crippen LogP contribution in [0.5, 0.6) is 11.5 Å². The quantitative estimate of drug-likeness (QED) is 0.393. The summed E-state index contributed by atoms with van der Waals surface area (Å²) in [6.07, 6.45) is 4.57. The predicted molar refractivity (Wildman–Crippen MR) is 117 cm³/mol. The fourth-order valence-electron chi connectivity index (χ4n) is 3.70. The van der Waals surface area contributed by atoms with Crippen LogP contribution >= 0.6 is 0 Å². The number of benzene rings is 1. The van der Waals surface area contributed by atoms with Gasteiger partial charge in [-0.3, -0.25) is 10.1 Å². The number of methoxy groups -OCH3 is 1. The molecule has 3 N–H and O–H groups in total. The fraction of sp³-hybridized carbons (Fsp3) is 0.522. The topological polar surface area (TPSA) is 71.6 Å². The summed E-state index contributed by atoms with van der Waals surface area (Å²) < 4.78 is 11.1. The minimum absolute atomic E-state index is 0.000909. The van der Waals surface area contributed by atoms with Crippen molar-refractivity contribution >= 4 is 5.91 Å². The minimum Gasteiger partial charge on any atom is -0.493 e. The third-order valence-corrected chi connectivity index (χ3v) is 4.82. The lowest BCUT2D eigenvalue weighted by molar-refractivity contribution is -0.118. The Kier molecular flexibility index (Phi) is 7.88. The van der Waals surface area contributed by atoms with Crippen LogP contribution in [0.1, 0.15) is 39.7 Å². The lowest BCUT2D eigenvalue weighted by Crippen LogP contribution is -2.47. The number of para-hydroxylation sites is 1. The van der Waals surface area contributed by atoms with E-state index >= 15 is 0 Å². The first-order valence-corrected chi connectivity index (χ1v) is 10.1. The van der Waals surface area contributed by atoms with Crippen LogP contribution in [0.25, 0.3) is 0 Å². The van der Waals surface area contributed by atoms with Gasteiger partial charge in [0.2, 0.25) is 5.91 Å². The average molecular weight is 402 g/mol. The van der Waals surface area contributed by atoms with Gasteiger partial charge >= 0.3 is 0 Å². The maximum atomic E-state index is 12.5. The van der Waals surface area contributed by atoms with Crippen molar-refractivity contribution in [3.8, 4) is 11.5 Å². The highest BCUT2D eigenvalue weighted by atomic mass is 16.5. The number of rotatable bonds is 11. The standard InChI is InChI=1S/C23H35N3O3/c1-7-14-29-20-17(10-8-11-19(20)28-6)16-24-12-9-13-25-21(27)18-15-22(2,3)26-23(18,4)5/h7-8,10-11,15,24,26H,1,9,12-14,16H2,2-6H3,(H,25,27). The van der Waals surface area contributed by atoms with Crippen molar-refractivity contribution in [2.75, 3.05) is 26.8 Å². The van der Waals surface area contributed by atoms with Gasteiger partial charge in [0.15, 0.2) is 11.5 Å². The Labute approximate surface area is 174 Å². The second-order valence-electron chi connectivity index (χ2n) is 8.36. The molecule has 6 nitrogen and oxygen atoms in total. The zero-order chi connectivity index (χ0) is 21.5. The molecule has 0 atom stereocenters. The van der Waals surface area contributed by atoms with Gasteiger partial charge in [-0.15, -0.1) is 0 Å². The maximum absolute atomic E-state index is 12.5. The van der Waals surface area contributed by atoms with E-state index in [0.717, 1.165) is 29.9 Å². The van der Waals surface area contributed by atoms with E-state index in [4.69, 9.17) is 9.47 Å². The molecule has 0 saturated heterocycles. The van der Waals surface area contributed by atoms with Gasteiger partial charge in [-0.25, -0.2) is 0 Å². The molecule has 6 heteroatoms. The molecule has 29 heavy (non-hydrogen) atoms. The molecule has 0 aliphatic carbocycles. The van der Waals surface area contributed by atoms with Gasteiger partial charge in [-0.1, -0.05) is 30.9 Å². The Hall–Kier alpha value is -2.31. The molecule has 2 rings (SSSR count). The number of ether oxygens (including phenoxy) is 2. The summed E-state index contributed by atoms with van der Waals surface area (Å²) in [5.74, 6) is 1.45. The van der Waals surface area contributed by atoms with Crippen LogP contribution in [-0.4, -0.2) is 43.8 Å². The van der Waals surface area contributed by atoms with E-state index in [-0.39, 0.29) is 17.0 Å². The van der Waals surface area contributed by atoms with Crippen LogP contribution < -0.4 is 25.4 Å². The summed E-state index contributed by atoms with van der Waals surface area (Å²) in [6.45, 7) is 14.4. The lowest BCUT2D eigenvalue weighted by atomic mass is 9.96. The predicted octanol–water partition coefficient (Wildman–Crippen LogP) is 2.94. The van der Waals surface area contributed by atoms with Gasteiger partial charge in [0.05, 0.1) is 7.11 Å². The van der Waals surface area contributed by atoms with Crippen molar-refractivity contribution in [2.24, 2.45) is 0 Å². The molecule has 0 radical (unpaired) electrons. The maximum Gasteiger partial charge on any atom is 0.248 e. The van der Waals surface area contributed by atoms with Gasteiger partial charge < -0.3 is 20.1 Å². The van der Waals surface area contributed by atoms with E-state index in [1.54, 1.807) is 13.2 Å². The van der Waals surface area contributed by atoms with E-state index in [0.29, 0.717) is 25.4 Å². The van der Waals surface area contributed by atoms with Crippen LogP contribution in [0.2, 0.25) is 0 Å². The highest BCUT2D eigenvalue weighted by molar-refractivity contribution is 5.96. The van der Waals surface area contributed by atoms with E-state index in [9.17, 15) is 4.79 Å². The van der Waals surface area contributed by atoms with Crippen molar-refractivity contribution in [1.82, 2.24) is 16.0 Å². The van der Waals surface area contributed by atoms with Crippen molar-refractivity contribution in [2.45, 2.75) is 51.7 Å². The van der Waals surface area contributed by atoms with Crippen LogP contribution in [0.15, 0.2) is 42.5 Å². The summed E-state index contributed by atoms with van der Waals surface area (Å²) in [5.41, 5.74) is 1.34. The van der Waals surface area contributed by atoms with Gasteiger partial charge in [0.25, 0.3) is 0 Å². The largest absolute Gasteiger partial charge is 0.493 e. The Balaban J connectivity index is 1.78. The molecule has 1 amide bonds. The Morgan fingerprint density at radius 3 is 2.62 bits per heavy atom. The van der Waals surface area contributed by atoms with E-state index in [1.807, 2.05) is 38.1 Å². The molecule has 0 spiro atoms. The van der Waals surface area contributed by atoms with E-state index in [1.165, 1.54) is 0 Å². The first-order valence-electron chi connectivity index (χ1n) is 10.1. The molecule has 0 fully saturated rings.